The molecule has 0 bridgehead atoms. The zero-order valence-electron chi connectivity index (χ0n) is 41.4. The van der Waals surface area contributed by atoms with Crippen LogP contribution in [0.25, 0.3) is 117 Å². The Morgan fingerprint density at radius 1 is 0.315 bits per heavy atom. The molecular formula is C70H51N3. The fraction of sp³-hybridized carbons (Fsp3) is 0.0857. The van der Waals surface area contributed by atoms with E-state index >= 15 is 0 Å². The van der Waals surface area contributed by atoms with Crippen molar-refractivity contribution >= 4 is 21.7 Å². The number of imidazole rings is 1. The van der Waals surface area contributed by atoms with Crippen LogP contribution in [0.3, 0.4) is 0 Å². The van der Waals surface area contributed by atoms with Crippen molar-refractivity contribution in [3.05, 3.63) is 259 Å². The maximum absolute atomic E-state index is 5.69. The summed E-state index contributed by atoms with van der Waals surface area (Å²) < 4.78 is 2.33. The highest BCUT2D eigenvalue weighted by Crippen LogP contribution is 2.52. The summed E-state index contributed by atoms with van der Waals surface area (Å²) in [5.41, 5.74) is 24.5. The quantitative estimate of drug-likeness (QED) is 0.149. The van der Waals surface area contributed by atoms with Crippen LogP contribution in [0, 0.1) is 0 Å². The fourth-order valence-electron chi connectivity index (χ4n) is 12.3. The molecule has 2 heterocycles. The number of rotatable bonds is 7. The Morgan fingerprint density at radius 3 is 1.37 bits per heavy atom. The Hall–Kier alpha value is -8.92. The predicted octanol–water partition coefficient (Wildman–Crippen LogP) is 18.2. The van der Waals surface area contributed by atoms with Crippen LogP contribution in [0.15, 0.2) is 237 Å². The molecular weight excluding hydrogens is 883 g/mol. The van der Waals surface area contributed by atoms with Crippen molar-refractivity contribution in [3.63, 3.8) is 0 Å². The molecule has 2 aliphatic rings. The molecule has 73 heavy (non-hydrogen) atoms. The van der Waals surface area contributed by atoms with Gasteiger partial charge in [0.05, 0.1) is 22.6 Å². The molecule has 14 rings (SSSR count). The molecule has 0 atom stereocenters. The number of fused-ring (bicyclic) bond motifs is 9. The number of benzene rings is 10. The van der Waals surface area contributed by atoms with Crippen molar-refractivity contribution in [3.8, 4) is 95.4 Å². The molecule has 0 saturated carbocycles. The van der Waals surface area contributed by atoms with Gasteiger partial charge < -0.3 is 0 Å². The van der Waals surface area contributed by atoms with E-state index in [0.29, 0.717) is 0 Å². The van der Waals surface area contributed by atoms with Crippen LogP contribution in [0.5, 0.6) is 0 Å². The Bertz CT molecular complexity index is 4160. The van der Waals surface area contributed by atoms with Crippen LogP contribution in [-0.2, 0) is 10.8 Å². The van der Waals surface area contributed by atoms with E-state index in [9.17, 15) is 0 Å². The minimum absolute atomic E-state index is 0.116. The summed E-state index contributed by atoms with van der Waals surface area (Å²) in [5, 5.41) is 3.46. The number of hydrogen-bond donors (Lipinski definition) is 0. The number of nitrogens with zero attached hydrogens (tertiary/aromatic N) is 3. The number of hydrogen-bond acceptors (Lipinski definition) is 2. The van der Waals surface area contributed by atoms with Crippen molar-refractivity contribution in [1.29, 1.82) is 0 Å². The fourth-order valence-corrected chi connectivity index (χ4v) is 12.3. The van der Waals surface area contributed by atoms with Crippen molar-refractivity contribution < 1.29 is 0 Å². The third-order valence-corrected chi connectivity index (χ3v) is 16.0. The molecule has 346 valence electrons. The maximum atomic E-state index is 5.69. The van der Waals surface area contributed by atoms with Gasteiger partial charge in [0.15, 0.2) is 0 Å². The smallest absolute Gasteiger partial charge is 0.145 e. The second-order valence-electron chi connectivity index (χ2n) is 20.9. The van der Waals surface area contributed by atoms with Gasteiger partial charge in [0.25, 0.3) is 0 Å². The van der Waals surface area contributed by atoms with Crippen LogP contribution in [0.2, 0.25) is 0 Å². The molecule has 0 saturated heterocycles. The van der Waals surface area contributed by atoms with E-state index in [1.54, 1.807) is 0 Å². The van der Waals surface area contributed by atoms with Gasteiger partial charge in [-0.3, -0.25) is 4.57 Å². The van der Waals surface area contributed by atoms with E-state index in [1.807, 2.05) is 0 Å². The standard InChI is InChI=1S/C70H51N3/c1-69(2)60-30-18-16-27-52(60)54-38-34-48(40-62(54)69)57-42-59-58(49-35-39-55-53-28-17-19-31-61(53)70(3,4)63(55)41-49)43-64(71-66(59)56-29-15-14-26-51(56)57)44-32-36-50(37-33-44)73-67(46-22-10-6-11-23-46)65(45-20-8-5-9-21-45)72-68(73)47-24-12-7-13-25-47/h5-43H,1-4H3. The maximum Gasteiger partial charge on any atom is 0.145 e. The third-order valence-electron chi connectivity index (χ3n) is 16.0. The van der Waals surface area contributed by atoms with Gasteiger partial charge >= 0.3 is 0 Å². The second-order valence-corrected chi connectivity index (χ2v) is 20.9. The van der Waals surface area contributed by atoms with Crippen molar-refractivity contribution in [1.82, 2.24) is 14.5 Å². The Morgan fingerprint density at radius 2 is 0.781 bits per heavy atom. The zero-order valence-corrected chi connectivity index (χ0v) is 41.4. The molecule has 12 aromatic rings. The average Bonchev–Trinajstić information content (AvgIpc) is 4.04. The molecule has 10 aromatic carbocycles. The van der Waals surface area contributed by atoms with Gasteiger partial charge in [-0.25, -0.2) is 9.97 Å². The molecule has 0 unspecified atom stereocenters. The molecule has 0 spiro atoms. The van der Waals surface area contributed by atoms with Crippen molar-refractivity contribution in [2.45, 2.75) is 38.5 Å². The lowest BCUT2D eigenvalue weighted by Gasteiger charge is -2.23. The highest BCUT2D eigenvalue weighted by Gasteiger charge is 2.37. The van der Waals surface area contributed by atoms with E-state index in [0.717, 1.165) is 67.1 Å². The Labute approximate surface area is 426 Å². The van der Waals surface area contributed by atoms with Gasteiger partial charge in [-0.2, -0.15) is 0 Å². The first-order valence-corrected chi connectivity index (χ1v) is 25.5. The highest BCUT2D eigenvalue weighted by molar-refractivity contribution is 6.16. The summed E-state index contributed by atoms with van der Waals surface area (Å²) in [6.45, 7) is 9.47. The highest BCUT2D eigenvalue weighted by atomic mass is 15.1. The summed E-state index contributed by atoms with van der Waals surface area (Å²) in [4.78, 5) is 11.1. The second kappa shape index (κ2) is 16.3. The lowest BCUT2D eigenvalue weighted by atomic mass is 9.81. The van der Waals surface area contributed by atoms with Gasteiger partial charge in [-0.15, -0.1) is 0 Å². The Kier molecular flexibility index (Phi) is 9.59. The number of pyridine rings is 1. The normalized spacial score (nSPS) is 13.7. The van der Waals surface area contributed by atoms with Crippen molar-refractivity contribution in [2.75, 3.05) is 0 Å². The molecule has 0 N–H and O–H groups in total. The van der Waals surface area contributed by atoms with Crippen LogP contribution in [0.1, 0.15) is 49.9 Å². The average molecular weight is 934 g/mol. The molecule has 0 radical (unpaired) electrons. The summed E-state index contributed by atoms with van der Waals surface area (Å²) in [6, 6.07) is 86.4. The van der Waals surface area contributed by atoms with Crippen LogP contribution >= 0.6 is 0 Å². The molecule has 0 fully saturated rings. The van der Waals surface area contributed by atoms with Crippen molar-refractivity contribution in [2.24, 2.45) is 0 Å². The van der Waals surface area contributed by atoms with Gasteiger partial charge in [0, 0.05) is 49.5 Å². The first-order chi connectivity index (χ1) is 35.7. The Balaban J connectivity index is 0.979. The molecule has 0 amide bonds. The van der Waals surface area contributed by atoms with Gasteiger partial charge in [0.2, 0.25) is 0 Å². The van der Waals surface area contributed by atoms with E-state index in [1.165, 1.54) is 72.1 Å². The van der Waals surface area contributed by atoms with Gasteiger partial charge in [-0.05, 0) is 109 Å². The van der Waals surface area contributed by atoms with Crippen LogP contribution in [-0.4, -0.2) is 14.5 Å². The molecule has 3 heteroatoms. The van der Waals surface area contributed by atoms with Gasteiger partial charge in [0.1, 0.15) is 5.82 Å². The lowest BCUT2D eigenvalue weighted by Crippen LogP contribution is -2.15. The van der Waals surface area contributed by atoms with Crippen LogP contribution in [0.4, 0.5) is 0 Å². The topological polar surface area (TPSA) is 30.7 Å². The minimum Gasteiger partial charge on any atom is -0.292 e. The minimum atomic E-state index is -0.152. The SMILES string of the molecule is CC1(C)c2ccccc2-c2ccc(-c3cc4c(-c5ccc6c(c5)C(C)(C)c5ccccc5-6)cc(-c5ccc(-n6c(-c7ccccc7)nc(-c7ccccc7)c6-c6ccccc6)cc5)nc4c4ccccc34)cc21. The van der Waals surface area contributed by atoms with E-state index < -0.39 is 0 Å². The van der Waals surface area contributed by atoms with E-state index in [4.69, 9.17) is 9.97 Å². The summed E-state index contributed by atoms with van der Waals surface area (Å²) >= 11 is 0. The molecule has 2 aliphatic carbocycles. The largest absolute Gasteiger partial charge is 0.292 e. The molecule has 3 nitrogen and oxygen atoms in total. The summed E-state index contributed by atoms with van der Waals surface area (Å²) in [6.07, 6.45) is 0. The third kappa shape index (κ3) is 6.65. The lowest BCUT2D eigenvalue weighted by molar-refractivity contribution is 0.660. The molecule has 2 aromatic heterocycles. The number of aromatic nitrogens is 3. The first kappa shape index (κ1) is 42.9. The summed E-state index contributed by atoms with van der Waals surface area (Å²) in [7, 11) is 0. The molecule has 0 aliphatic heterocycles. The predicted molar refractivity (Wildman–Crippen MR) is 304 cm³/mol. The van der Waals surface area contributed by atoms with Crippen LogP contribution < -0.4 is 0 Å². The summed E-state index contributed by atoms with van der Waals surface area (Å²) in [5.74, 6) is 0.887. The van der Waals surface area contributed by atoms with E-state index in [-0.39, 0.29) is 10.8 Å². The first-order valence-electron chi connectivity index (χ1n) is 25.5. The van der Waals surface area contributed by atoms with Gasteiger partial charge in [-0.1, -0.05) is 228 Å². The monoisotopic (exact) mass is 933 g/mol. The van der Waals surface area contributed by atoms with E-state index in [2.05, 4.69) is 269 Å². The zero-order chi connectivity index (χ0) is 49.0.